The minimum absolute atomic E-state index is 0.0712. The molecular formula is C8H7ClF2INO. The van der Waals surface area contributed by atoms with E-state index < -0.39 is 13.0 Å². The van der Waals surface area contributed by atoms with Crippen LogP contribution in [-0.4, -0.2) is 10.1 Å². The first-order valence-corrected chi connectivity index (χ1v) is 5.34. The van der Waals surface area contributed by atoms with E-state index in [1.807, 2.05) is 22.6 Å². The Kier molecular flexibility index (Phi) is 4.46. The predicted molar refractivity (Wildman–Crippen MR) is 57.4 cm³/mol. The highest BCUT2D eigenvalue weighted by Crippen LogP contribution is 2.27. The summed E-state index contributed by atoms with van der Waals surface area (Å²) in [6.45, 7) is -0.444. The highest BCUT2D eigenvalue weighted by Gasteiger charge is 2.18. The Bertz CT molecular complexity index is 335. The van der Waals surface area contributed by atoms with Crippen molar-refractivity contribution in [2.24, 2.45) is 0 Å². The first-order chi connectivity index (χ1) is 6.61. The summed E-state index contributed by atoms with van der Waals surface area (Å²) in [6.07, 6.45) is -1.56. The molecule has 0 aliphatic carbocycles. The zero-order chi connectivity index (χ0) is 10.7. The van der Waals surface area contributed by atoms with Crippen LogP contribution in [0.5, 0.6) is 0 Å². The van der Waals surface area contributed by atoms with Gasteiger partial charge in [-0.3, -0.25) is 0 Å². The summed E-state index contributed by atoms with van der Waals surface area (Å²) in [6, 6.07) is 0. The van der Waals surface area contributed by atoms with E-state index in [4.69, 9.17) is 16.7 Å². The fourth-order valence-corrected chi connectivity index (χ4v) is 2.26. The van der Waals surface area contributed by atoms with E-state index in [0.717, 1.165) is 6.20 Å². The van der Waals surface area contributed by atoms with Gasteiger partial charge >= 0.3 is 0 Å². The summed E-state index contributed by atoms with van der Waals surface area (Å²) >= 11 is 7.49. The van der Waals surface area contributed by atoms with Gasteiger partial charge in [0.15, 0.2) is 0 Å². The van der Waals surface area contributed by atoms with Gasteiger partial charge < -0.3 is 5.11 Å². The van der Waals surface area contributed by atoms with Crippen LogP contribution in [0.25, 0.3) is 0 Å². The molecule has 0 saturated carbocycles. The number of alkyl halides is 3. The molecule has 78 valence electrons. The van der Waals surface area contributed by atoms with E-state index in [2.05, 4.69) is 4.98 Å². The number of aliphatic hydroxyl groups is 1. The molecule has 0 bridgehead atoms. The molecule has 0 aliphatic heterocycles. The molecule has 1 aromatic heterocycles. The van der Waals surface area contributed by atoms with Crippen molar-refractivity contribution >= 4 is 34.2 Å². The lowest BCUT2D eigenvalue weighted by molar-refractivity contribution is 0.146. The molecule has 6 heteroatoms. The number of aliphatic hydroxyl groups excluding tert-OH is 1. The van der Waals surface area contributed by atoms with Gasteiger partial charge in [-0.2, -0.15) is 0 Å². The van der Waals surface area contributed by atoms with E-state index in [1.165, 1.54) is 0 Å². The Morgan fingerprint density at radius 3 is 2.57 bits per heavy atom. The third-order valence-corrected chi connectivity index (χ3v) is 3.00. The molecule has 0 atom stereocenters. The molecule has 1 rings (SSSR count). The van der Waals surface area contributed by atoms with Crippen molar-refractivity contribution in [2.75, 3.05) is 0 Å². The van der Waals surface area contributed by atoms with Crippen LogP contribution in [0.1, 0.15) is 23.1 Å². The number of halogens is 4. The molecule has 0 fully saturated rings. The molecular weight excluding hydrogens is 326 g/mol. The largest absolute Gasteiger partial charge is 0.392 e. The molecule has 0 amide bonds. The average Bonchev–Trinajstić information content (AvgIpc) is 2.16. The lowest BCUT2D eigenvalue weighted by Gasteiger charge is -2.11. The monoisotopic (exact) mass is 333 g/mol. The molecule has 0 unspecified atom stereocenters. The van der Waals surface area contributed by atoms with Crippen molar-refractivity contribution in [1.82, 2.24) is 4.98 Å². The van der Waals surface area contributed by atoms with Gasteiger partial charge in [0.2, 0.25) is 0 Å². The maximum Gasteiger partial charge on any atom is 0.265 e. The number of aromatic nitrogens is 1. The Morgan fingerprint density at radius 1 is 1.50 bits per heavy atom. The van der Waals surface area contributed by atoms with Crippen molar-refractivity contribution in [2.45, 2.75) is 18.9 Å². The Hall–Kier alpha value is -0.0100. The summed E-state index contributed by atoms with van der Waals surface area (Å²) in [5, 5.41) is 8.98. The first kappa shape index (κ1) is 12.1. The summed E-state index contributed by atoms with van der Waals surface area (Å²) in [5.41, 5.74) is 0.422. The molecule has 1 aromatic rings. The molecule has 0 aliphatic rings. The van der Waals surface area contributed by atoms with Crippen LogP contribution >= 0.6 is 34.2 Å². The quantitative estimate of drug-likeness (QED) is 0.524. The molecule has 0 spiro atoms. The van der Waals surface area contributed by atoms with Crippen LogP contribution < -0.4 is 0 Å². The maximum absolute atomic E-state index is 12.5. The zero-order valence-electron chi connectivity index (χ0n) is 6.98. The van der Waals surface area contributed by atoms with Crippen LogP contribution in [0.3, 0.4) is 0 Å². The van der Waals surface area contributed by atoms with Crippen LogP contribution in [0.2, 0.25) is 0 Å². The molecule has 1 heterocycles. The second-order valence-electron chi connectivity index (χ2n) is 2.55. The minimum atomic E-state index is -2.64. The second-order valence-corrected chi connectivity index (χ2v) is 3.84. The molecule has 14 heavy (non-hydrogen) atoms. The predicted octanol–water partition coefficient (Wildman–Crippen LogP) is 2.85. The van der Waals surface area contributed by atoms with Gasteiger partial charge in [0.25, 0.3) is 6.43 Å². The van der Waals surface area contributed by atoms with E-state index in [9.17, 15) is 8.78 Å². The van der Waals surface area contributed by atoms with E-state index in [0.29, 0.717) is 9.26 Å². The standard InChI is InChI=1S/C8H7ClF2INO/c9-1-4-6(3-14)5(7(10)11)2-13-8(4)12/h2,7,14H,1,3H2. The topological polar surface area (TPSA) is 33.1 Å². The maximum atomic E-state index is 12.5. The van der Waals surface area contributed by atoms with E-state index >= 15 is 0 Å². The SMILES string of the molecule is OCc1c(C(F)F)cnc(I)c1CCl. The summed E-state index contributed by atoms with van der Waals surface area (Å²) in [5.74, 6) is 0.0712. The second kappa shape index (κ2) is 5.18. The van der Waals surface area contributed by atoms with Crippen molar-refractivity contribution in [3.05, 3.63) is 26.6 Å². The lowest BCUT2D eigenvalue weighted by atomic mass is 10.1. The Morgan fingerprint density at radius 2 is 2.14 bits per heavy atom. The highest BCUT2D eigenvalue weighted by molar-refractivity contribution is 14.1. The first-order valence-electron chi connectivity index (χ1n) is 3.73. The van der Waals surface area contributed by atoms with Crippen LogP contribution in [0.4, 0.5) is 8.78 Å². The molecule has 0 radical (unpaired) electrons. The number of nitrogens with zero attached hydrogens (tertiary/aromatic N) is 1. The molecule has 2 nitrogen and oxygen atoms in total. The Balaban J connectivity index is 3.33. The van der Waals surface area contributed by atoms with Crippen LogP contribution in [-0.2, 0) is 12.5 Å². The zero-order valence-corrected chi connectivity index (χ0v) is 9.89. The van der Waals surface area contributed by atoms with Crippen molar-refractivity contribution < 1.29 is 13.9 Å². The average molecular weight is 334 g/mol. The number of hydrogen-bond donors (Lipinski definition) is 1. The summed E-state index contributed by atoms with van der Waals surface area (Å²) in [4.78, 5) is 3.79. The normalized spacial score (nSPS) is 11.0. The van der Waals surface area contributed by atoms with Crippen molar-refractivity contribution in [3.8, 4) is 0 Å². The molecule has 1 N–H and O–H groups in total. The van der Waals surface area contributed by atoms with E-state index in [-0.39, 0.29) is 17.0 Å². The summed E-state index contributed by atoms with van der Waals surface area (Å²) in [7, 11) is 0. The van der Waals surface area contributed by atoms with Crippen LogP contribution in [0.15, 0.2) is 6.20 Å². The fourth-order valence-electron chi connectivity index (χ4n) is 1.09. The minimum Gasteiger partial charge on any atom is -0.392 e. The highest BCUT2D eigenvalue weighted by atomic mass is 127. The number of hydrogen-bond acceptors (Lipinski definition) is 2. The Labute approximate surface area is 98.4 Å². The van der Waals surface area contributed by atoms with Crippen molar-refractivity contribution in [3.63, 3.8) is 0 Å². The molecule has 0 saturated heterocycles. The van der Waals surface area contributed by atoms with E-state index in [1.54, 1.807) is 0 Å². The van der Waals surface area contributed by atoms with Gasteiger partial charge in [-0.05, 0) is 28.2 Å². The molecule has 0 aromatic carbocycles. The number of pyridine rings is 1. The van der Waals surface area contributed by atoms with Gasteiger partial charge in [-0.15, -0.1) is 11.6 Å². The lowest BCUT2D eigenvalue weighted by Crippen LogP contribution is -2.04. The third kappa shape index (κ3) is 2.32. The van der Waals surface area contributed by atoms with Crippen LogP contribution in [0, 0.1) is 3.70 Å². The third-order valence-electron chi connectivity index (χ3n) is 1.81. The van der Waals surface area contributed by atoms with Gasteiger partial charge in [-0.25, -0.2) is 13.8 Å². The summed E-state index contributed by atoms with van der Waals surface area (Å²) < 4.78 is 25.5. The smallest absolute Gasteiger partial charge is 0.265 e. The number of rotatable bonds is 3. The van der Waals surface area contributed by atoms with Gasteiger partial charge in [0.05, 0.1) is 12.5 Å². The van der Waals surface area contributed by atoms with Gasteiger partial charge in [-0.1, -0.05) is 0 Å². The van der Waals surface area contributed by atoms with Crippen molar-refractivity contribution in [1.29, 1.82) is 0 Å². The van der Waals surface area contributed by atoms with Gasteiger partial charge in [0.1, 0.15) is 3.70 Å². The van der Waals surface area contributed by atoms with Gasteiger partial charge in [0, 0.05) is 17.3 Å². The fraction of sp³-hybridized carbons (Fsp3) is 0.375.